The van der Waals surface area contributed by atoms with E-state index in [2.05, 4.69) is 50.2 Å². The van der Waals surface area contributed by atoms with Gasteiger partial charge in [0.1, 0.15) is 19.2 Å². The molecule has 2 aliphatic heterocycles. The number of anilines is 3. The molecule has 4 rings (SSSR count). The molecule has 3 amide bonds. The van der Waals surface area contributed by atoms with Crippen molar-refractivity contribution in [3.63, 3.8) is 0 Å². The van der Waals surface area contributed by atoms with E-state index in [1.807, 2.05) is 36.2 Å². The van der Waals surface area contributed by atoms with Crippen molar-refractivity contribution in [1.29, 1.82) is 0 Å². The van der Waals surface area contributed by atoms with E-state index < -0.39 is 0 Å². The van der Waals surface area contributed by atoms with Crippen molar-refractivity contribution in [3.8, 4) is 0 Å². The minimum absolute atomic E-state index is 0.147. The number of rotatable bonds is 15. The van der Waals surface area contributed by atoms with Crippen molar-refractivity contribution in [1.82, 2.24) is 25.8 Å². The fourth-order valence-corrected chi connectivity index (χ4v) is 4.96. The topological polar surface area (TPSA) is 178 Å². The zero-order valence-electron chi connectivity index (χ0n) is 27.7. The predicted octanol–water partition coefficient (Wildman–Crippen LogP) is 0.336. The molecule has 47 heavy (non-hydrogen) atoms. The summed E-state index contributed by atoms with van der Waals surface area (Å²) in [7, 11) is 5.78. The highest BCUT2D eigenvalue weighted by atomic mass is 16.5. The second kappa shape index (κ2) is 22.2. The van der Waals surface area contributed by atoms with Crippen LogP contribution < -0.4 is 31.9 Å². The van der Waals surface area contributed by atoms with E-state index in [1.54, 1.807) is 13.1 Å². The van der Waals surface area contributed by atoms with E-state index in [-0.39, 0.29) is 24.5 Å². The molecule has 2 heterocycles. The van der Waals surface area contributed by atoms with Gasteiger partial charge >= 0.3 is 0 Å². The van der Waals surface area contributed by atoms with E-state index in [1.165, 1.54) is 5.69 Å². The number of nitrogens with one attached hydrogen (secondary N) is 4. The largest absolute Gasteiger partial charge is 0.399 e. The average Bonchev–Trinajstić information content (AvgIpc) is 3.07. The molecule has 2 fully saturated rings. The molecule has 0 saturated carbocycles. The third-order valence-electron chi connectivity index (χ3n) is 7.66. The van der Waals surface area contributed by atoms with Crippen LogP contribution in [-0.2, 0) is 30.5 Å². The van der Waals surface area contributed by atoms with Gasteiger partial charge in [0, 0.05) is 88.5 Å². The number of hydrogen-bond acceptors (Lipinski definition) is 12. The smallest absolute Gasteiger partial charge is 0.243 e. The number of nitrogen functional groups attached to an aromatic ring is 1. The van der Waals surface area contributed by atoms with Gasteiger partial charge in [0.05, 0.1) is 12.6 Å². The van der Waals surface area contributed by atoms with Gasteiger partial charge in [0.25, 0.3) is 0 Å². The van der Waals surface area contributed by atoms with Crippen LogP contribution in [0.2, 0.25) is 0 Å². The van der Waals surface area contributed by atoms with E-state index >= 15 is 0 Å². The lowest BCUT2D eigenvalue weighted by Gasteiger charge is -2.34. The van der Waals surface area contributed by atoms with Crippen molar-refractivity contribution in [2.75, 3.05) is 96.1 Å². The number of carbonyl (C=O) groups excluding carboxylic acids is 5. The highest BCUT2D eigenvalue weighted by molar-refractivity contribution is 6.00. The number of nitrogens with two attached hydrogens (primary N) is 1. The summed E-state index contributed by atoms with van der Waals surface area (Å²) in [5.74, 6) is -0.503. The number of imide groups is 1. The molecule has 2 aromatic carbocycles. The van der Waals surface area contributed by atoms with Gasteiger partial charge in [0.15, 0.2) is 0 Å². The molecule has 2 aliphatic rings. The number of likely N-dealkylation sites (N-methyl/N-ethyl adjacent to an activating group) is 2. The summed E-state index contributed by atoms with van der Waals surface area (Å²) in [5, 5.41) is 10.9. The Bertz CT molecular complexity index is 1240. The molecule has 1 atom stereocenters. The number of piperazine rings is 1. The Kier molecular flexibility index (Phi) is 18.3. The summed E-state index contributed by atoms with van der Waals surface area (Å²) in [6.45, 7) is 7.63. The number of nitrogens with zero attached hydrogens (tertiary/aromatic N) is 3. The van der Waals surface area contributed by atoms with E-state index in [0.717, 1.165) is 49.4 Å². The van der Waals surface area contributed by atoms with Gasteiger partial charge in [-0.2, -0.15) is 0 Å². The minimum atomic E-state index is -0.355. The SMILES string of the molecule is CN1CCN(c2ccc(N)cc2)CC1.CNc1cccc(C=O)c1CN(C)C1CCC(=O)NC1=O.O=CCOCCNCCNC=O. The molecule has 0 bridgehead atoms. The maximum Gasteiger partial charge on any atom is 0.243 e. The summed E-state index contributed by atoms with van der Waals surface area (Å²) in [4.78, 5) is 60.5. The predicted molar refractivity (Wildman–Crippen MR) is 183 cm³/mol. The third-order valence-corrected chi connectivity index (χ3v) is 7.66. The summed E-state index contributed by atoms with van der Waals surface area (Å²) < 4.78 is 4.87. The molecule has 0 radical (unpaired) electrons. The van der Waals surface area contributed by atoms with Gasteiger partial charge in [0.2, 0.25) is 18.2 Å². The highest BCUT2D eigenvalue weighted by Crippen LogP contribution is 2.23. The standard InChI is InChI=1S/C15H19N3O3.C11H17N3.C7H14N2O3/c1-16-12-5-3-4-10(9-19)11(12)8-18(2)13-6-7-14(20)17-15(13)21;1-13-6-8-14(9-7-13)11-4-2-10(12)3-5-11;10-4-6-12-5-3-8-1-2-9-7-11/h3-5,9,13,16H,6-8H2,1-2H3,(H,17,20,21);2-5H,6-9,12H2,1H3;4,7-8H,1-3,5-6H2,(H,9,11). The van der Waals surface area contributed by atoms with Crippen LogP contribution in [0.1, 0.15) is 28.8 Å². The normalized spacial score (nSPS) is 16.2. The van der Waals surface area contributed by atoms with Crippen molar-refractivity contribution in [2.24, 2.45) is 0 Å². The Morgan fingerprint density at radius 2 is 1.74 bits per heavy atom. The van der Waals surface area contributed by atoms with Crippen molar-refractivity contribution in [2.45, 2.75) is 25.4 Å². The summed E-state index contributed by atoms with van der Waals surface area (Å²) in [6, 6.07) is 13.2. The van der Waals surface area contributed by atoms with Crippen LogP contribution in [0.4, 0.5) is 17.1 Å². The summed E-state index contributed by atoms with van der Waals surface area (Å²) in [6.07, 6.45) is 3.03. The number of hydrogen-bond donors (Lipinski definition) is 5. The number of amides is 3. The number of ether oxygens (including phenoxy) is 1. The zero-order valence-corrected chi connectivity index (χ0v) is 27.7. The molecule has 0 aromatic heterocycles. The number of piperidine rings is 1. The lowest BCUT2D eigenvalue weighted by atomic mass is 10.0. The molecular formula is C33H50N8O6. The molecule has 2 saturated heterocycles. The Hall–Kier alpha value is -4.37. The fraction of sp³-hybridized carbons (Fsp3) is 0.485. The lowest BCUT2D eigenvalue weighted by molar-refractivity contribution is -0.137. The average molecular weight is 655 g/mol. The fourth-order valence-electron chi connectivity index (χ4n) is 4.96. The number of benzene rings is 2. The van der Waals surface area contributed by atoms with Gasteiger partial charge in [-0.15, -0.1) is 0 Å². The lowest BCUT2D eigenvalue weighted by Crippen LogP contribution is -2.51. The number of aldehydes is 2. The van der Waals surface area contributed by atoms with Crippen LogP contribution in [0.5, 0.6) is 0 Å². The summed E-state index contributed by atoms with van der Waals surface area (Å²) >= 11 is 0. The first-order valence-electron chi connectivity index (χ1n) is 15.7. The first-order valence-corrected chi connectivity index (χ1v) is 15.7. The van der Waals surface area contributed by atoms with Crippen LogP contribution in [0, 0.1) is 0 Å². The van der Waals surface area contributed by atoms with Crippen molar-refractivity contribution < 1.29 is 28.7 Å². The van der Waals surface area contributed by atoms with Gasteiger partial charge in [-0.25, -0.2) is 0 Å². The Morgan fingerprint density at radius 3 is 2.36 bits per heavy atom. The minimum Gasteiger partial charge on any atom is -0.399 e. The van der Waals surface area contributed by atoms with Gasteiger partial charge in [-0.3, -0.25) is 29.4 Å². The first-order chi connectivity index (χ1) is 22.7. The van der Waals surface area contributed by atoms with Crippen LogP contribution in [0.25, 0.3) is 0 Å². The molecular weight excluding hydrogens is 604 g/mol. The van der Waals surface area contributed by atoms with Crippen LogP contribution in [0.15, 0.2) is 42.5 Å². The molecule has 2 aromatic rings. The summed E-state index contributed by atoms with van der Waals surface area (Å²) in [5.41, 5.74) is 10.1. The maximum absolute atomic E-state index is 11.9. The van der Waals surface area contributed by atoms with Crippen LogP contribution in [-0.4, -0.2) is 127 Å². The van der Waals surface area contributed by atoms with Gasteiger partial charge < -0.3 is 41.0 Å². The Morgan fingerprint density at radius 1 is 1.02 bits per heavy atom. The van der Waals surface area contributed by atoms with Crippen LogP contribution in [0.3, 0.4) is 0 Å². The Balaban J connectivity index is 0.000000258. The monoisotopic (exact) mass is 654 g/mol. The molecule has 258 valence electrons. The molecule has 1 unspecified atom stereocenters. The first kappa shape index (κ1) is 38.8. The zero-order chi connectivity index (χ0) is 34.4. The van der Waals surface area contributed by atoms with Gasteiger partial charge in [-0.1, -0.05) is 12.1 Å². The molecule has 14 nitrogen and oxygen atoms in total. The quantitative estimate of drug-likeness (QED) is 0.0771. The van der Waals surface area contributed by atoms with E-state index in [4.69, 9.17) is 10.5 Å². The molecule has 14 heteroatoms. The molecule has 6 N–H and O–H groups in total. The molecule has 0 aliphatic carbocycles. The van der Waals surface area contributed by atoms with Crippen molar-refractivity contribution in [3.05, 3.63) is 53.6 Å². The highest BCUT2D eigenvalue weighted by Gasteiger charge is 2.30. The van der Waals surface area contributed by atoms with Crippen molar-refractivity contribution >= 4 is 47.9 Å². The Labute approximate surface area is 277 Å². The van der Waals surface area contributed by atoms with Gasteiger partial charge in [-0.05, 0) is 56.4 Å². The molecule has 0 spiro atoms. The third kappa shape index (κ3) is 14.3. The van der Waals surface area contributed by atoms with E-state index in [9.17, 15) is 24.0 Å². The van der Waals surface area contributed by atoms with Crippen LogP contribution >= 0.6 is 0 Å². The second-order valence-electron chi connectivity index (χ2n) is 11.1. The second-order valence-corrected chi connectivity index (χ2v) is 11.1. The van der Waals surface area contributed by atoms with E-state index in [0.29, 0.717) is 63.9 Å². The number of carbonyl (C=O) groups is 5. The maximum atomic E-state index is 11.9.